The minimum absolute atomic E-state index is 0.0222. The van der Waals surface area contributed by atoms with E-state index in [1.165, 1.54) is 18.4 Å². The van der Waals surface area contributed by atoms with Crippen LogP contribution in [0.3, 0.4) is 0 Å². The van der Waals surface area contributed by atoms with E-state index in [0.29, 0.717) is 25.7 Å². The molecule has 1 amide bonds. The molecular formula is C19H28N2O3. The zero-order valence-corrected chi connectivity index (χ0v) is 14.5. The summed E-state index contributed by atoms with van der Waals surface area (Å²) in [5, 5.41) is 6.25. The Kier molecular flexibility index (Phi) is 6.10. The molecule has 5 heteroatoms. The molecule has 0 spiro atoms. The quantitative estimate of drug-likeness (QED) is 0.839. The van der Waals surface area contributed by atoms with Crippen molar-refractivity contribution in [2.75, 3.05) is 19.7 Å². The highest BCUT2D eigenvalue weighted by Crippen LogP contribution is 2.27. The maximum atomic E-state index is 12.1. The molecule has 2 aliphatic rings. The molecule has 1 aromatic carbocycles. The van der Waals surface area contributed by atoms with Crippen LogP contribution >= 0.6 is 0 Å². The highest BCUT2D eigenvalue weighted by molar-refractivity contribution is 5.76. The molecule has 3 rings (SSSR count). The predicted molar refractivity (Wildman–Crippen MR) is 93.1 cm³/mol. The van der Waals surface area contributed by atoms with E-state index in [4.69, 9.17) is 9.47 Å². The van der Waals surface area contributed by atoms with E-state index in [1.807, 2.05) is 0 Å². The van der Waals surface area contributed by atoms with Crippen molar-refractivity contribution >= 4 is 5.91 Å². The Labute approximate surface area is 144 Å². The molecule has 5 nitrogen and oxygen atoms in total. The van der Waals surface area contributed by atoms with Crippen molar-refractivity contribution in [1.82, 2.24) is 10.6 Å². The highest BCUT2D eigenvalue weighted by Gasteiger charge is 2.19. The number of carbonyl (C=O) groups is 1. The molecule has 2 N–H and O–H groups in total. The summed E-state index contributed by atoms with van der Waals surface area (Å²) < 4.78 is 11.8. The molecule has 1 saturated carbocycles. The third-order valence-electron chi connectivity index (χ3n) is 4.71. The van der Waals surface area contributed by atoms with Crippen LogP contribution < -0.4 is 15.4 Å². The van der Waals surface area contributed by atoms with Gasteiger partial charge in [-0.15, -0.1) is 0 Å². The standard InChI is InChI=1S/C19H28N2O3/c1-14-6-7-15(18(10-14)24-16-4-2-3-5-16)12-21-19(22)11-17-13-20-8-9-23-17/h6-7,10,16-17,20H,2-5,8-9,11-13H2,1H3,(H,21,22). The van der Waals surface area contributed by atoms with Gasteiger partial charge in [0, 0.05) is 25.2 Å². The number of carbonyl (C=O) groups excluding carboxylic acids is 1. The van der Waals surface area contributed by atoms with E-state index in [-0.39, 0.29) is 12.0 Å². The molecule has 24 heavy (non-hydrogen) atoms. The van der Waals surface area contributed by atoms with Gasteiger partial charge in [-0.25, -0.2) is 0 Å². The molecule has 1 unspecified atom stereocenters. The minimum atomic E-state index is -0.0222. The molecule has 0 radical (unpaired) electrons. The van der Waals surface area contributed by atoms with Crippen molar-refractivity contribution in [2.45, 2.75) is 57.8 Å². The molecule has 1 aliphatic heterocycles. The highest BCUT2D eigenvalue weighted by atomic mass is 16.5. The lowest BCUT2D eigenvalue weighted by atomic mass is 10.1. The summed E-state index contributed by atoms with van der Waals surface area (Å²) in [5.74, 6) is 0.939. The molecular weight excluding hydrogens is 304 g/mol. The Morgan fingerprint density at radius 1 is 1.38 bits per heavy atom. The maximum absolute atomic E-state index is 12.1. The van der Waals surface area contributed by atoms with Crippen LogP contribution in [-0.2, 0) is 16.1 Å². The van der Waals surface area contributed by atoms with Gasteiger partial charge in [-0.3, -0.25) is 4.79 Å². The zero-order valence-electron chi connectivity index (χ0n) is 14.5. The number of amides is 1. The summed E-state index contributed by atoms with van der Waals surface area (Å²) in [6.07, 6.45) is 5.46. The molecule has 0 aromatic heterocycles. The van der Waals surface area contributed by atoms with Gasteiger partial charge in [0.25, 0.3) is 0 Å². The number of benzene rings is 1. The van der Waals surface area contributed by atoms with Crippen molar-refractivity contribution in [2.24, 2.45) is 0 Å². The molecule has 132 valence electrons. The summed E-state index contributed by atoms with van der Waals surface area (Å²) in [5.41, 5.74) is 2.23. The van der Waals surface area contributed by atoms with E-state index in [9.17, 15) is 4.79 Å². The van der Waals surface area contributed by atoms with Gasteiger partial charge in [-0.2, -0.15) is 0 Å². The number of hydrogen-bond donors (Lipinski definition) is 2. The van der Waals surface area contributed by atoms with Crippen LogP contribution in [0.1, 0.15) is 43.2 Å². The average molecular weight is 332 g/mol. The number of morpholine rings is 1. The van der Waals surface area contributed by atoms with Crippen LogP contribution in [0.4, 0.5) is 0 Å². The van der Waals surface area contributed by atoms with Crippen LogP contribution in [0, 0.1) is 6.92 Å². The van der Waals surface area contributed by atoms with Crippen molar-refractivity contribution in [3.63, 3.8) is 0 Å². The fraction of sp³-hybridized carbons (Fsp3) is 0.632. The Hall–Kier alpha value is -1.59. The van der Waals surface area contributed by atoms with Crippen molar-refractivity contribution < 1.29 is 14.3 Å². The second-order valence-electron chi connectivity index (χ2n) is 6.81. The topological polar surface area (TPSA) is 59.6 Å². The van der Waals surface area contributed by atoms with Crippen LogP contribution in [0.5, 0.6) is 5.75 Å². The number of ether oxygens (including phenoxy) is 2. The van der Waals surface area contributed by atoms with Crippen molar-refractivity contribution in [3.05, 3.63) is 29.3 Å². The van der Waals surface area contributed by atoms with Gasteiger partial charge in [0.1, 0.15) is 5.75 Å². The van der Waals surface area contributed by atoms with E-state index in [2.05, 4.69) is 35.8 Å². The lowest BCUT2D eigenvalue weighted by molar-refractivity contribution is -0.124. The normalized spacial score (nSPS) is 21.6. The Morgan fingerprint density at radius 3 is 2.96 bits per heavy atom. The van der Waals surface area contributed by atoms with Crippen LogP contribution in [0.25, 0.3) is 0 Å². The Morgan fingerprint density at radius 2 is 2.21 bits per heavy atom. The van der Waals surface area contributed by atoms with Gasteiger partial charge in [0.15, 0.2) is 0 Å². The Balaban J connectivity index is 1.54. The molecule has 0 bridgehead atoms. The first-order valence-electron chi connectivity index (χ1n) is 9.06. The summed E-state index contributed by atoms with van der Waals surface area (Å²) in [4.78, 5) is 12.1. The number of aryl methyl sites for hydroxylation is 1. The summed E-state index contributed by atoms with van der Waals surface area (Å²) >= 11 is 0. The van der Waals surface area contributed by atoms with Gasteiger partial charge in [-0.05, 0) is 44.2 Å². The number of nitrogens with one attached hydrogen (secondary N) is 2. The Bertz CT molecular complexity index is 550. The second-order valence-corrected chi connectivity index (χ2v) is 6.81. The second kappa shape index (κ2) is 8.49. The molecule has 1 aliphatic carbocycles. The van der Waals surface area contributed by atoms with Gasteiger partial charge in [0.05, 0.1) is 25.2 Å². The first-order valence-corrected chi connectivity index (χ1v) is 9.06. The summed E-state index contributed by atoms with van der Waals surface area (Å²) in [6.45, 7) is 4.85. The molecule has 2 fully saturated rings. The van der Waals surface area contributed by atoms with Crippen LogP contribution in [-0.4, -0.2) is 37.8 Å². The lowest BCUT2D eigenvalue weighted by Gasteiger charge is -2.23. The smallest absolute Gasteiger partial charge is 0.222 e. The first kappa shape index (κ1) is 17.2. The molecule has 1 heterocycles. The van der Waals surface area contributed by atoms with Crippen LogP contribution in [0.2, 0.25) is 0 Å². The van der Waals surface area contributed by atoms with E-state index >= 15 is 0 Å². The van der Waals surface area contributed by atoms with Gasteiger partial charge in [-0.1, -0.05) is 12.1 Å². The largest absolute Gasteiger partial charge is 0.490 e. The SMILES string of the molecule is Cc1ccc(CNC(=O)CC2CNCCO2)c(OC2CCCC2)c1. The fourth-order valence-electron chi connectivity index (χ4n) is 3.33. The average Bonchev–Trinajstić information content (AvgIpc) is 3.08. The number of rotatable bonds is 6. The van der Waals surface area contributed by atoms with Gasteiger partial charge in [0.2, 0.25) is 5.91 Å². The third kappa shape index (κ3) is 4.95. The minimum Gasteiger partial charge on any atom is -0.490 e. The summed E-state index contributed by atoms with van der Waals surface area (Å²) in [6, 6.07) is 6.20. The number of hydrogen-bond acceptors (Lipinski definition) is 4. The van der Waals surface area contributed by atoms with E-state index < -0.39 is 0 Å². The lowest BCUT2D eigenvalue weighted by Crippen LogP contribution is -2.41. The zero-order chi connectivity index (χ0) is 16.8. The van der Waals surface area contributed by atoms with Gasteiger partial charge < -0.3 is 20.1 Å². The third-order valence-corrected chi connectivity index (χ3v) is 4.71. The summed E-state index contributed by atoms with van der Waals surface area (Å²) in [7, 11) is 0. The van der Waals surface area contributed by atoms with Gasteiger partial charge >= 0.3 is 0 Å². The first-order chi connectivity index (χ1) is 11.7. The maximum Gasteiger partial charge on any atom is 0.222 e. The van der Waals surface area contributed by atoms with E-state index in [1.54, 1.807) is 0 Å². The van der Waals surface area contributed by atoms with Crippen molar-refractivity contribution in [1.29, 1.82) is 0 Å². The fourth-order valence-corrected chi connectivity index (χ4v) is 3.33. The van der Waals surface area contributed by atoms with Crippen molar-refractivity contribution in [3.8, 4) is 5.75 Å². The van der Waals surface area contributed by atoms with E-state index in [0.717, 1.165) is 37.2 Å². The molecule has 1 saturated heterocycles. The predicted octanol–water partition coefficient (Wildman–Crippen LogP) is 2.31. The molecule has 1 aromatic rings. The van der Waals surface area contributed by atoms with Crippen LogP contribution in [0.15, 0.2) is 18.2 Å². The molecule has 1 atom stereocenters. The monoisotopic (exact) mass is 332 g/mol.